The molecule has 138 valence electrons. The summed E-state index contributed by atoms with van der Waals surface area (Å²) in [5.74, 6) is 1.69. The minimum absolute atomic E-state index is 0. The van der Waals surface area contributed by atoms with Crippen LogP contribution in [-0.4, -0.2) is 41.1 Å². The molecule has 1 aromatic carbocycles. The number of hydrogen-bond donors (Lipinski definition) is 1. The van der Waals surface area contributed by atoms with Crippen LogP contribution in [0.4, 0.5) is 4.39 Å². The molecule has 1 heterocycles. The monoisotopic (exact) mass is 459 g/mol. The molecule has 0 saturated carbocycles. The Kier molecular flexibility index (Phi) is 9.48. The molecule has 0 unspecified atom stereocenters. The Balaban J connectivity index is 0.00000312. The first-order chi connectivity index (χ1) is 11.6. The van der Waals surface area contributed by atoms with Crippen molar-refractivity contribution in [3.8, 4) is 0 Å². The number of imidazole rings is 1. The molecule has 0 radical (unpaired) electrons. The standard InChI is InChI=1S/C18H26FN5.HI/c1-15-21-11-13-24(15)12-5-4-10-22-18(20-2)23(3)14-16-6-8-17(19)9-7-16;/h6-9,11,13H,4-5,10,12,14H2,1-3H3,(H,20,22);1H. The van der Waals surface area contributed by atoms with Crippen LogP contribution in [0, 0.1) is 12.7 Å². The number of benzene rings is 1. The van der Waals surface area contributed by atoms with Crippen LogP contribution in [0.15, 0.2) is 41.7 Å². The Morgan fingerprint density at radius 2 is 2.00 bits per heavy atom. The first-order valence-electron chi connectivity index (χ1n) is 8.24. The van der Waals surface area contributed by atoms with Crippen molar-refractivity contribution in [2.24, 2.45) is 4.99 Å². The van der Waals surface area contributed by atoms with Gasteiger partial charge in [-0.1, -0.05) is 12.1 Å². The molecule has 1 aromatic heterocycles. The summed E-state index contributed by atoms with van der Waals surface area (Å²) in [5, 5.41) is 3.37. The van der Waals surface area contributed by atoms with Gasteiger partial charge in [0.15, 0.2) is 5.96 Å². The van der Waals surface area contributed by atoms with Crippen molar-refractivity contribution in [2.45, 2.75) is 32.9 Å². The van der Waals surface area contributed by atoms with E-state index in [2.05, 4.69) is 19.9 Å². The number of nitrogens with one attached hydrogen (secondary N) is 1. The van der Waals surface area contributed by atoms with Crippen molar-refractivity contribution in [3.63, 3.8) is 0 Å². The van der Waals surface area contributed by atoms with Gasteiger partial charge in [0.2, 0.25) is 0 Å². The van der Waals surface area contributed by atoms with Gasteiger partial charge in [0, 0.05) is 46.1 Å². The lowest BCUT2D eigenvalue weighted by Gasteiger charge is -2.22. The van der Waals surface area contributed by atoms with Gasteiger partial charge in [0.25, 0.3) is 0 Å². The van der Waals surface area contributed by atoms with Crippen LogP contribution in [0.3, 0.4) is 0 Å². The van der Waals surface area contributed by atoms with E-state index in [1.54, 1.807) is 19.2 Å². The predicted molar refractivity (Wildman–Crippen MR) is 111 cm³/mol. The average molecular weight is 459 g/mol. The third-order valence-corrected chi connectivity index (χ3v) is 3.94. The maximum Gasteiger partial charge on any atom is 0.193 e. The van der Waals surface area contributed by atoms with Gasteiger partial charge in [-0.25, -0.2) is 9.37 Å². The number of aromatic nitrogens is 2. The molecule has 0 spiro atoms. The van der Waals surface area contributed by atoms with Gasteiger partial charge in [0.1, 0.15) is 11.6 Å². The molecule has 7 heteroatoms. The summed E-state index contributed by atoms with van der Waals surface area (Å²) in [4.78, 5) is 10.6. The number of aliphatic imine (C=N–C) groups is 1. The van der Waals surface area contributed by atoms with Crippen molar-refractivity contribution in [3.05, 3.63) is 53.9 Å². The van der Waals surface area contributed by atoms with E-state index in [1.165, 1.54) is 12.1 Å². The molecule has 2 aromatic rings. The normalized spacial score (nSPS) is 11.1. The quantitative estimate of drug-likeness (QED) is 0.299. The maximum absolute atomic E-state index is 13.0. The molecular formula is C18H27FIN5. The maximum atomic E-state index is 13.0. The predicted octanol–water partition coefficient (Wildman–Crippen LogP) is 3.44. The van der Waals surface area contributed by atoms with Crippen LogP contribution in [0.5, 0.6) is 0 Å². The van der Waals surface area contributed by atoms with E-state index in [0.29, 0.717) is 6.54 Å². The van der Waals surface area contributed by atoms with Crippen LogP contribution >= 0.6 is 24.0 Å². The fourth-order valence-electron chi connectivity index (χ4n) is 2.57. The van der Waals surface area contributed by atoms with Crippen molar-refractivity contribution in [1.82, 2.24) is 19.8 Å². The van der Waals surface area contributed by atoms with E-state index in [4.69, 9.17) is 0 Å². The summed E-state index contributed by atoms with van der Waals surface area (Å²) in [7, 11) is 3.76. The average Bonchev–Trinajstić information content (AvgIpc) is 2.98. The van der Waals surface area contributed by atoms with Crippen molar-refractivity contribution in [2.75, 3.05) is 20.6 Å². The van der Waals surface area contributed by atoms with Gasteiger partial charge in [-0.3, -0.25) is 4.99 Å². The first kappa shape index (κ1) is 21.4. The Labute approximate surface area is 166 Å². The number of rotatable bonds is 7. The molecule has 0 aliphatic rings. The third kappa shape index (κ3) is 7.01. The molecule has 0 fully saturated rings. The highest BCUT2D eigenvalue weighted by atomic mass is 127. The summed E-state index contributed by atoms with van der Waals surface area (Å²) < 4.78 is 15.1. The SMILES string of the molecule is CN=C(NCCCCn1ccnc1C)N(C)Cc1ccc(F)cc1.I. The zero-order valence-corrected chi connectivity index (χ0v) is 17.4. The molecule has 5 nitrogen and oxygen atoms in total. The molecule has 1 N–H and O–H groups in total. The lowest BCUT2D eigenvalue weighted by Crippen LogP contribution is -2.38. The summed E-state index contributed by atoms with van der Waals surface area (Å²) in [6.07, 6.45) is 5.99. The van der Waals surface area contributed by atoms with Gasteiger partial charge < -0.3 is 14.8 Å². The Hall–Kier alpha value is -1.64. The van der Waals surface area contributed by atoms with Gasteiger partial charge in [-0.15, -0.1) is 24.0 Å². The molecular weight excluding hydrogens is 432 g/mol. The van der Waals surface area contributed by atoms with Crippen molar-refractivity contribution in [1.29, 1.82) is 0 Å². The highest BCUT2D eigenvalue weighted by Crippen LogP contribution is 2.06. The number of guanidine groups is 1. The summed E-state index contributed by atoms with van der Waals surface area (Å²) in [6.45, 7) is 4.56. The summed E-state index contributed by atoms with van der Waals surface area (Å²) in [6, 6.07) is 6.56. The second kappa shape index (κ2) is 11.1. The smallest absolute Gasteiger partial charge is 0.193 e. The van der Waals surface area contributed by atoms with Gasteiger partial charge in [-0.2, -0.15) is 0 Å². The lowest BCUT2D eigenvalue weighted by atomic mass is 10.2. The van der Waals surface area contributed by atoms with E-state index in [-0.39, 0.29) is 29.8 Å². The van der Waals surface area contributed by atoms with Crippen LogP contribution in [0.25, 0.3) is 0 Å². The molecule has 0 amide bonds. The van der Waals surface area contributed by atoms with Crippen LogP contribution in [-0.2, 0) is 13.1 Å². The number of halogens is 2. The van der Waals surface area contributed by atoms with Crippen LogP contribution in [0.2, 0.25) is 0 Å². The van der Waals surface area contributed by atoms with Crippen LogP contribution < -0.4 is 5.32 Å². The lowest BCUT2D eigenvalue weighted by molar-refractivity contribution is 0.472. The van der Waals surface area contributed by atoms with Crippen molar-refractivity contribution >= 4 is 29.9 Å². The minimum Gasteiger partial charge on any atom is -0.356 e. The second-order valence-electron chi connectivity index (χ2n) is 5.83. The van der Waals surface area contributed by atoms with Gasteiger partial charge in [-0.05, 0) is 37.5 Å². The second-order valence-corrected chi connectivity index (χ2v) is 5.83. The van der Waals surface area contributed by atoms with E-state index < -0.39 is 0 Å². The fourth-order valence-corrected chi connectivity index (χ4v) is 2.57. The topological polar surface area (TPSA) is 45.5 Å². The van der Waals surface area contributed by atoms with E-state index in [9.17, 15) is 4.39 Å². The highest BCUT2D eigenvalue weighted by molar-refractivity contribution is 14.0. The molecule has 0 bridgehead atoms. The van der Waals surface area contributed by atoms with Crippen LogP contribution in [0.1, 0.15) is 24.2 Å². The number of unbranched alkanes of at least 4 members (excludes halogenated alkanes) is 1. The zero-order valence-electron chi connectivity index (χ0n) is 15.1. The number of aryl methyl sites for hydroxylation is 2. The molecule has 25 heavy (non-hydrogen) atoms. The van der Waals surface area contributed by atoms with Crippen molar-refractivity contribution < 1.29 is 4.39 Å². The van der Waals surface area contributed by atoms with E-state index in [1.807, 2.05) is 31.3 Å². The van der Waals surface area contributed by atoms with E-state index >= 15 is 0 Å². The molecule has 0 saturated heterocycles. The molecule has 0 atom stereocenters. The number of hydrogen-bond acceptors (Lipinski definition) is 2. The van der Waals surface area contributed by atoms with E-state index in [0.717, 1.165) is 43.3 Å². The molecule has 0 aliphatic heterocycles. The minimum atomic E-state index is -0.211. The summed E-state index contributed by atoms with van der Waals surface area (Å²) >= 11 is 0. The zero-order chi connectivity index (χ0) is 17.4. The fraction of sp³-hybridized carbons (Fsp3) is 0.444. The Morgan fingerprint density at radius 1 is 1.28 bits per heavy atom. The Morgan fingerprint density at radius 3 is 2.60 bits per heavy atom. The van der Waals surface area contributed by atoms with Gasteiger partial charge >= 0.3 is 0 Å². The molecule has 2 rings (SSSR count). The first-order valence-corrected chi connectivity index (χ1v) is 8.24. The third-order valence-electron chi connectivity index (χ3n) is 3.94. The molecule has 0 aliphatic carbocycles. The van der Waals surface area contributed by atoms with Gasteiger partial charge in [0.05, 0.1) is 0 Å². The Bertz CT molecular complexity index is 654. The number of nitrogens with zero attached hydrogens (tertiary/aromatic N) is 4. The largest absolute Gasteiger partial charge is 0.356 e. The highest BCUT2D eigenvalue weighted by Gasteiger charge is 2.06. The summed E-state index contributed by atoms with van der Waals surface area (Å²) in [5.41, 5.74) is 1.05.